The zero-order chi connectivity index (χ0) is 41.7. The fraction of sp³-hybridized carbons (Fsp3) is 0.0847. The molecule has 11 rings (SSSR count). The molecule has 3 heteroatoms. The van der Waals surface area contributed by atoms with Gasteiger partial charge in [0.15, 0.2) is 0 Å². The maximum Gasteiger partial charge on any atom is 0.264 e. The summed E-state index contributed by atoms with van der Waals surface area (Å²) in [5, 5.41) is 3.63. The van der Waals surface area contributed by atoms with Gasteiger partial charge in [0.05, 0.1) is 11.0 Å². The van der Waals surface area contributed by atoms with Crippen molar-refractivity contribution in [3.05, 3.63) is 216 Å². The molecule has 62 heavy (non-hydrogen) atoms. The van der Waals surface area contributed by atoms with E-state index in [0.29, 0.717) is 17.0 Å². The molecule has 2 aromatic heterocycles. The summed E-state index contributed by atoms with van der Waals surface area (Å²) in [4.78, 5) is 20.8. The molecule has 296 valence electrons. The average molecular weight is 797 g/mol. The highest BCUT2D eigenvalue weighted by Gasteiger charge is 2.23. The van der Waals surface area contributed by atoms with Crippen molar-refractivity contribution in [2.45, 2.75) is 32.6 Å². The van der Waals surface area contributed by atoms with Crippen LogP contribution < -0.4 is 5.56 Å². The Kier molecular flexibility index (Phi) is 9.31. The van der Waals surface area contributed by atoms with E-state index in [0.717, 1.165) is 95.7 Å². The van der Waals surface area contributed by atoms with Gasteiger partial charge in [-0.05, 0) is 103 Å². The molecule has 0 radical (unpaired) electrons. The Bertz CT molecular complexity index is 3500. The predicted octanol–water partition coefficient (Wildman–Crippen LogP) is 15.5. The lowest BCUT2D eigenvalue weighted by Gasteiger charge is -2.18. The molecule has 0 amide bonds. The van der Waals surface area contributed by atoms with Crippen molar-refractivity contribution in [2.75, 3.05) is 0 Å². The smallest absolute Gasteiger partial charge is 0.264 e. The first-order valence-corrected chi connectivity index (χ1v) is 21.7. The van der Waals surface area contributed by atoms with Crippen LogP contribution in [0.1, 0.15) is 38.2 Å². The van der Waals surface area contributed by atoms with Crippen molar-refractivity contribution in [2.24, 2.45) is 0 Å². The lowest BCUT2D eigenvalue weighted by Crippen LogP contribution is -2.13. The number of nitrogens with zero attached hydrogens (tertiary/aromatic N) is 2. The molecular weight excluding hydrogens is 753 g/mol. The van der Waals surface area contributed by atoms with Gasteiger partial charge < -0.3 is 0 Å². The number of pyridine rings is 1. The Morgan fingerprint density at radius 1 is 0.452 bits per heavy atom. The van der Waals surface area contributed by atoms with Gasteiger partial charge in [-0.25, -0.2) is 4.98 Å². The average Bonchev–Trinajstić information content (AvgIpc) is 3.74. The second-order valence-electron chi connectivity index (χ2n) is 16.5. The number of rotatable bonds is 9. The summed E-state index contributed by atoms with van der Waals surface area (Å²) in [6, 6.07) is 70.9. The summed E-state index contributed by atoms with van der Waals surface area (Å²) < 4.78 is 1.87. The number of hydrogen-bond acceptors (Lipinski definition) is 2. The number of imidazole rings is 1. The number of aromatic nitrogens is 2. The van der Waals surface area contributed by atoms with E-state index >= 15 is 4.79 Å². The van der Waals surface area contributed by atoms with Crippen LogP contribution in [0.4, 0.5) is 0 Å². The van der Waals surface area contributed by atoms with Crippen molar-refractivity contribution in [1.29, 1.82) is 0 Å². The lowest BCUT2D eigenvalue weighted by atomic mass is 9.86. The molecule has 0 aliphatic rings. The predicted molar refractivity (Wildman–Crippen MR) is 261 cm³/mol. The Morgan fingerprint density at radius 2 is 0.984 bits per heavy atom. The zero-order valence-corrected chi connectivity index (χ0v) is 34.8. The first kappa shape index (κ1) is 37.4. The van der Waals surface area contributed by atoms with E-state index in [4.69, 9.17) is 4.98 Å². The Hall–Kier alpha value is -7.62. The van der Waals surface area contributed by atoms with Gasteiger partial charge in [-0.1, -0.05) is 202 Å². The van der Waals surface area contributed by atoms with Gasteiger partial charge in [0.2, 0.25) is 0 Å². The third-order valence-corrected chi connectivity index (χ3v) is 12.8. The fourth-order valence-corrected chi connectivity index (χ4v) is 9.80. The van der Waals surface area contributed by atoms with Crippen LogP contribution in [0.2, 0.25) is 0 Å². The standard InChI is InChI=1S/C59H44N2O/c1-3-18-38(2)42-31-32-49(53(35-42)41-23-11-6-12-24-41)48-33-34-52-56-50(48)29-17-30-51(56)58-60-57-54(47-28-16-15-26-45(47)40-21-9-5-10-22-40)36-43(37-55(57)61(58)59(52)62)46-27-14-13-25-44(46)39-19-7-4-8-20-39/h4-17,19-38H,3,18H2,1-2H3/t38-/m0/s1. The summed E-state index contributed by atoms with van der Waals surface area (Å²) >= 11 is 0. The minimum absolute atomic E-state index is 0.0689. The van der Waals surface area contributed by atoms with Gasteiger partial charge in [0, 0.05) is 21.7 Å². The second-order valence-corrected chi connectivity index (χ2v) is 16.5. The molecule has 0 bridgehead atoms. The Morgan fingerprint density at radius 3 is 1.63 bits per heavy atom. The monoisotopic (exact) mass is 796 g/mol. The highest BCUT2D eigenvalue weighted by atomic mass is 16.1. The van der Waals surface area contributed by atoms with E-state index in [-0.39, 0.29) is 5.56 Å². The molecule has 0 N–H and O–H groups in total. The van der Waals surface area contributed by atoms with Crippen molar-refractivity contribution in [3.8, 4) is 66.8 Å². The van der Waals surface area contributed by atoms with Crippen LogP contribution in [0, 0.1) is 0 Å². The van der Waals surface area contributed by atoms with Crippen molar-refractivity contribution >= 4 is 38.2 Å². The van der Waals surface area contributed by atoms with Crippen molar-refractivity contribution < 1.29 is 0 Å². The maximum atomic E-state index is 15.3. The molecule has 0 saturated heterocycles. The third kappa shape index (κ3) is 6.20. The Labute approximate surface area is 361 Å². The first-order valence-electron chi connectivity index (χ1n) is 21.7. The van der Waals surface area contributed by atoms with Crippen LogP contribution in [0.15, 0.2) is 205 Å². The second kappa shape index (κ2) is 15.4. The molecule has 0 spiro atoms. The molecule has 0 fully saturated rings. The minimum atomic E-state index is -0.0689. The summed E-state index contributed by atoms with van der Waals surface area (Å²) in [5.74, 6) is 0.454. The van der Waals surface area contributed by atoms with Gasteiger partial charge in [-0.3, -0.25) is 9.20 Å². The largest absolute Gasteiger partial charge is 0.268 e. The van der Waals surface area contributed by atoms with E-state index in [1.165, 1.54) is 16.7 Å². The highest BCUT2D eigenvalue weighted by Crippen LogP contribution is 2.44. The van der Waals surface area contributed by atoms with Crippen LogP contribution in [0.5, 0.6) is 0 Å². The van der Waals surface area contributed by atoms with Gasteiger partial charge >= 0.3 is 0 Å². The van der Waals surface area contributed by atoms with Crippen LogP contribution in [-0.2, 0) is 0 Å². The van der Waals surface area contributed by atoms with Crippen LogP contribution in [-0.4, -0.2) is 9.38 Å². The van der Waals surface area contributed by atoms with E-state index < -0.39 is 0 Å². The van der Waals surface area contributed by atoms with E-state index in [9.17, 15) is 0 Å². The molecule has 0 unspecified atom stereocenters. The summed E-state index contributed by atoms with van der Waals surface area (Å²) in [6.45, 7) is 4.58. The lowest BCUT2D eigenvalue weighted by molar-refractivity contribution is 0.665. The third-order valence-electron chi connectivity index (χ3n) is 12.8. The van der Waals surface area contributed by atoms with Gasteiger partial charge in [0.1, 0.15) is 5.65 Å². The molecular formula is C59H44N2O. The van der Waals surface area contributed by atoms with Crippen LogP contribution in [0.3, 0.4) is 0 Å². The van der Waals surface area contributed by atoms with Gasteiger partial charge in [0.25, 0.3) is 5.56 Å². The first-order chi connectivity index (χ1) is 30.6. The molecule has 1 atom stereocenters. The van der Waals surface area contributed by atoms with Crippen LogP contribution >= 0.6 is 0 Å². The summed E-state index contributed by atoms with van der Waals surface area (Å²) in [5.41, 5.74) is 16.8. The maximum absolute atomic E-state index is 15.3. The zero-order valence-electron chi connectivity index (χ0n) is 34.8. The topological polar surface area (TPSA) is 34.4 Å². The van der Waals surface area contributed by atoms with Gasteiger partial charge in [-0.15, -0.1) is 0 Å². The number of fused-ring (bicyclic) bond motifs is 4. The number of hydrogen-bond donors (Lipinski definition) is 0. The van der Waals surface area contributed by atoms with E-state index in [2.05, 4.69) is 208 Å². The summed E-state index contributed by atoms with van der Waals surface area (Å²) in [7, 11) is 0. The molecule has 11 aromatic rings. The van der Waals surface area contributed by atoms with Crippen LogP contribution in [0.25, 0.3) is 105 Å². The quantitative estimate of drug-likeness (QED) is 0.146. The highest BCUT2D eigenvalue weighted by molar-refractivity contribution is 6.20. The SMILES string of the molecule is CCC[C@H](C)c1ccc(-c2ccc3c(=O)n4c5cc(-c6ccccc6-c6ccccc6)cc(-c6ccccc6-c6ccccc6)c5nc4c4cccc2c34)c(-c2ccccc2)c1. The van der Waals surface area contributed by atoms with Crippen molar-refractivity contribution in [3.63, 3.8) is 0 Å². The normalized spacial score (nSPS) is 12.2. The summed E-state index contributed by atoms with van der Waals surface area (Å²) in [6.07, 6.45) is 2.28. The molecule has 9 aromatic carbocycles. The molecule has 2 heterocycles. The van der Waals surface area contributed by atoms with E-state index in [1.54, 1.807) is 0 Å². The van der Waals surface area contributed by atoms with Crippen molar-refractivity contribution in [1.82, 2.24) is 9.38 Å². The Balaban J connectivity index is 1.21. The molecule has 3 nitrogen and oxygen atoms in total. The number of benzene rings is 9. The molecule has 0 aliphatic heterocycles. The molecule has 0 saturated carbocycles. The van der Waals surface area contributed by atoms with Gasteiger partial charge in [-0.2, -0.15) is 0 Å². The fourth-order valence-electron chi connectivity index (χ4n) is 9.80. The van der Waals surface area contributed by atoms with E-state index in [1.807, 2.05) is 10.5 Å². The molecule has 0 aliphatic carbocycles. The minimum Gasteiger partial charge on any atom is -0.268 e.